The summed E-state index contributed by atoms with van der Waals surface area (Å²) in [5, 5.41) is 2.98. The quantitative estimate of drug-likeness (QED) is 0.325. The average molecular weight is 158 g/mol. The third kappa shape index (κ3) is 0.655. The topological polar surface area (TPSA) is 29.4 Å². The van der Waals surface area contributed by atoms with Crippen LogP contribution >= 0.6 is 11.6 Å². The third-order valence-electron chi connectivity index (χ3n) is 2.45. The summed E-state index contributed by atoms with van der Waals surface area (Å²) in [5.41, 5.74) is 0. The van der Waals surface area contributed by atoms with Gasteiger partial charge in [0, 0.05) is 5.92 Å². The predicted molar refractivity (Wildman–Crippen MR) is 40.0 cm³/mol. The molecule has 2 aliphatic rings. The molecule has 0 aromatic heterocycles. The van der Waals surface area contributed by atoms with E-state index < -0.39 is 0 Å². The molecule has 2 bridgehead atoms. The summed E-state index contributed by atoms with van der Waals surface area (Å²) in [6.45, 7) is 0. The van der Waals surface area contributed by atoms with Gasteiger partial charge < -0.3 is 0 Å². The van der Waals surface area contributed by atoms with Gasteiger partial charge in [-0.05, 0) is 12.3 Å². The molecule has 2 aliphatic carbocycles. The molecule has 0 saturated heterocycles. The van der Waals surface area contributed by atoms with Gasteiger partial charge >= 0.3 is 0 Å². The van der Waals surface area contributed by atoms with E-state index >= 15 is 0 Å². The molecule has 3 heteroatoms. The summed E-state index contributed by atoms with van der Waals surface area (Å²) in [6.07, 6.45) is 5.20. The van der Waals surface area contributed by atoms with Crippen molar-refractivity contribution in [3.63, 3.8) is 0 Å². The van der Waals surface area contributed by atoms with Crippen LogP contribution in [0, 0.1) is 16.7 Å². The van der Waals surface area contributed by atoms with Crippen molar-refractivity contribution in [2.75, 3.05) is 0 Å². The highest BCUT2D eigenvalue weighted by Crippen LogP contribution is 2.43. The molecule has 10 heavy (non-hydrogen) atoms. The lowest BCUT2D eigenvalue weighted by atomic mass is 10.0. The molecule has 54 valence electrons. The molecule has 0 spiro atoms. The van der Waals surface area contributed by atoms with Crippen molar-refractivity contribution in [1.29, 1.82) is 0 Å². The van der Waals surface area contributed by atoms with E-state index in [1.165, 1.54) is 0 Å². The van der Waals surface area contributed by atoms with E-state index in [9.17, 15) is 4.91 Å². The Kier molecular flexibility index (Phi) is 1.31. The van der Waals surface area contributed by atoms with E-state index in [0.29, 0.717) is 11.8 Å². The Balaban J connectivity index is 2.25. The van der Waals surface area contributed by atoms with Crippen LogP contribution in [0.4, 0.5) is 0 Å². The molecular formula is C7H8ClNO. The average Bonchev–Trinajstić information content (AvgIpc) is 2.46. The van der Waals surface area contributed by atoms with E-state index in [2.05, 4.69) is 17.3 Å². The molecule has 1 saturated carbocycles. The second kappa shape index (κ2) is 2.06. The van der Waals surface area contributed by atoms with Crippen molar-refractivity contribution in [1.82, 2.24) is 0 Å². The molecule has 1 fully saturated rings. The first-order chi connectivity index (χ1) is 4.83. The van der Waals surface area contributed by atoms with Crippen molar-refractivity contribution in [3.05, 3.63) is 17.1 Å². The van der Waals surface area contributed by atoms with Crippen molar-refractivity contribution in [2.45, 2.75) is 17.8 Å². The normalized spacial score (nSPS) is 50.1. The maximum absolute atomic E-state index is 10.2. The molecule has 0 radical (unpaired) electrons. The zero-order chi connectivity index (χ0) is 7.14. The van der Waals surface area contributed by atoms with Gasteiger partial charge in [-0.25, -0.2) is 0 Å². The van der Waals surface area contributed by atoms with Crippen molar-refractivity contribution in [2.24, 2.45) is 17.0 Å². The molecule has 0 heterocycles. The molecule has 0 aromatic rings. The lowest BCUT2D eigenvalue weighted by molar-refractivity contribution is 0.580. The number of hydrogen-bond acceptors (Lipinski definition) is 2. The summed E-state index contributed by atoms with van der Waals surface area (Å²) in [5.74, 6) is 0.749. The van der Waals surface area contributed by atoms with E-state index in [1.54, 1.807) is 0 Å². The zero-order valence-corrected chi connectivity index (χ0v) is 6.16. The fraction of sp³-hybridized carbons (Fsp3) is 0.714. The fourth-order valence-corrected chi connectivity index (χ4v) is 2.29. The second-order valence-electron chi connectivity index (χ2n) is 2.99. The minimum absolute atomic E-state index is 0.0347. The Morgan fingerprint density at radius 1 is 1.40 bits per heavy atom. The Labute approximate surface area is 64.2 Å². The minimum atomic E-state index is -0.156. The smallest absolute Gasteiger partial charge is 0.115 e. The van der Waals surface area contributed by atoms with Crippen molar-refractivity contribution < 1.29 is 0 Å². The Morgan fingerprint density at radius 3 is 2.50 bits per heavy atom. The lowest BCUT2D eigenvalue weighted by Crippen LogP contribution is -2.22. The van der Waals surface area contributed by atoms with Crippen molar-refractivity contribution >= 4 is 11.6 Å². The maximum Gasteiger partial charge on any atom is 0.115 e. The second-order valence-corrected chi connectivity index (χ2v) is 3.49. The number of nitroso groups, excluding NO2 is 1. The summed E-state index contributed by atoms with van der Waals surface area (Å²) >= 11 is 5.93. The number of allylic oxidation sites excluding steroid dienone is 1. The summed E-state index contributed by atoms with van der Waals surface area (Å²) in [4.78, 5) is 10.2. The fourth-order valence-electron chi connectivity index (χ4n) is 1.87. The molecule has 4 atom stereocenters. The van der Waals surface area contributed by atoms with Gasteiger partial charge in [-0.1, -0.05) is 17.3 Å². The summed E-state index contributed by atoms with van der Waals surface area (Å²) in [6, 6.07) is -0.156. The molecule has 0 amide bonds. The van der Waals surface area contributed by atoms with Gasteiger partial charge in [-0.15, -0.1) is 11.6 Å². The number of rotatable bonds is 1. The van der Waals surface area contributed by atoms with Crippen LogP contribution < -0.4 is 0 Å². The van der Waals surface area contributed by atoms with Crippen LogP contribution in [0.2, 0.25) is 0 Å². The number of fused-ring (bicyclic) bond motifs is 2. The highest BCUT2D eigenvalue weighted by molar-refractivity contribution is 6.21. The van der Waals surface area contributed by atoms with Crippen LogP contribution in [0.3, 0.4) is 0 Å². The van der Waals surface area contributed by atoms with Crippen LogP contribution in [0.5, 0.6) is 0 Å². The summed E-state index contributed by atoms with van der Waals surface area (Å²) in [7, 11) is 0. The number of hydrogen-bond donors (Lipinski definition) is 0. The largest absolute Gasteiger partial charge is 0.150 e. The van der Waals surface area contributed by atoms with Gasteiger partial charge in [0.2, 0.25) is 0 Å². The first-order valence-electron chi connectivity index (χ1n) is 3.48. The number of nitrogens with zero attached hydrogens (tertiary/aromatic N) is 1. The number of alkyl halides is 1. The molecular weight excluding hydrogens is 150 g/mol. The van der Waals surface area contributed by atoms with E-state index in [0.717, 1.165) is 6.42 Å². The maximum atomic E-state index is 10.2. The molecule has 0 aliphatic heterocycles. The van der Waals surface area contributed by atoms with Gasteiger partial charge in [-0.2, -0.15) is 4.91 Å². The summed E-state index contributed by atoms with van der Waals surface area (Å²) < 4.78 is 0. The van der Waals surface area contributed by atoms with E-state index in [1.807, 2.05) is 0 Å². The Morgan fingerprint density at radius 2 is 2.10 bits per heavy atom. The first-order valence-corrected chi connectivity index (χ1v) is 3.91. The monoisotopic (exact) mass is 157 g/mol. The van der Waals surface area contributed by atoms with Gasteiger partial charge in [0.15, 0.2) is 0 Å². The number of halogens is 1. The van der Waals surface area contributed by atoms with Gasteiger partial charge in [0.1, 0.15) is 6.04 Å². The predicted octanol–water partition coefficient (Wildman–Crippen LogP) is 1.93. The standard InChI is InChI=1S/C7H8ClNO/c8-6-4-1-2-5(3-4)7(6)9-10/h1-2,4-7H,3H2/t4-,5+,6-,7+/m0/s1. The lowest BCUT2D eigenvalue weighted by Gasteiger charge is -2.14. The molecule has 2 nitrogen and oxygen atoms in total. The SMILES string of the molecule is O=N[C@H]1[C@@H](Cl)[C@H]2C=C[C@@H]1C2. The van der Waals surface area contributed by atoms with Gasteiger partial charge in [0.05, 0.1) is 5.38 Å². The van der Waals surface area contributed by atoms with E-state index in [4.69, 9.17) is 11.6 Å². The van der Waals surface area contributed by atoms with Crippen LogP contribution in [0.15, 0.2) is 17.3 Å². The highest BCUT2D eigenvalue weighted by Gasteiger charge is 2.44. The van der Waals surface area contributed by atoms with Crippen LogP contribution in [0.25, 0.3) is 0 Å². The molecule has 0 unspecified atom stereocenters. The Bertz CT molecular complexity index is 192. The van der Waals surface area contributed by atoms with Gasteiger partial charge in [0.25, 0.3) is 0 Å². The third-order valence-corrected chi connectivity index (χ3v) is 3.03. The van der Waals surface area contributed by atoms with Crippen LogP contribution in [-0.2, 0) is 0 Å². The molecule has 0 aromatic carbocycles. The first kappa shape index (κ1) is 6.35. The van der Waals surface area contributed by atoms with Crippen molar-refractivity contribution in [3.8, 4) is 0 Å². The van der Waals surface area contributed by atoms with Gasteiger partial charge in [-0.3, -0.25) is 0 Å². The molecule has 0 N–H and O–H groups in total. The Hall–Kier alpha value is -0.370. The van der Waals surface area contributed by atoms with E-state index in [-0.39, 0.29) is 11.4 Å². The highest BCUT2D eigenvalue weighted by atomic mass is 35.5. The molecule has 2 rings (SSSR count). The van der Waals surface area contributed by atoms with Crippen LogP contribution in [0.1, 0.15) is 6.42 Å². The van der Waals surface area contributed by atoms with Crippen LogP contribution in [-0.4, -0.2) is 11.4 Å². The zero-order valence-electron chi connectivity index (χ0n) is 5.40. The minimum Gasteiger partial charge on any atom is -0.150 e.